The van der Waals surface area contributed by atoms with E-state index < -0.39 is 0 Å². The van der Waals surface area contributed by atoms with Crippen LogP contribution in [0.25, 0.3) is 0 Å². The van der Waals surface area contributed by atoms with E-state index in [1.165, 1.54) is 12.8 Å². The van der Waals surface area contributed by atoms with E-state index in [1.54, 1.807) is 7.11 Å². The Bertz CT molecular complexity index is 881. The molecule has 1 saturated carbocycles. The minimum Gasteiger partial charge on any atom is -0.497 e. The van der Waals surface area contributed by atoms with E-state index in [1.807, 2.05) is 53.4 Å². The number of carbonyl (C=O) groups is 2. The number of nitrogens with one attached hydrogen (secondary N) is 1. The fourth-order valence-electron chi connectivity index (χ4n) is 4.42. The van der Waals surface area contributed by atoms with Crippen LogP contribution >= 0.6 is 0 Å². The van der Waals surface area contributed by atoms with E-state index in [-0.39, 0.29) is 17.7 Å². The third kappa shape index (κ3) is 5.37. The number of nitrogens with zero attached hydrogens (tertiary/aromatic N) is 1. The van der Waals surface area contributed by atoms with E-state index in [0.29, 0.717) is 24.7 Å². The smallest absolute Gasteiger partial charge is 0.227 e. The molecule has 0 radical (unpaired) electrons. The van der Waals surface area contributed by atoms with E-state index in [0.717, 1.165) is 42.9 Å². The summed E-state index contributed by atoms with van der Waals surface area (Å²) in [6, 6.07) is 14.7. The molecule has 0 atom stereocenters. The standard InChI is InChI=1S/C25H30N2O4/c1-30-21-10-12-23(13-11-21)31-22-8-6-20(7-9-22)26-24(28)18-14-16-27(17-15-18)25(29)19-4-2-3-5-19/h6-13,18-19H,2-5,14-17H2,1H3,(H,26,28). The third-order valence-electron chi connectivity index (χ3n) is 6.30. The zero-order valence-electron chi connectivity index (χ0n) is 18.0. The van der Waals surface area contributed by atoms with Crippen LogP contribution in [0.15, 0.2) is 48.5 Å². The van der Waals surface area contributed by atoms with Gasteiger partial charge in [-0.15, -0.1) is 0 Å². The summed E-state index contributed by atoms with van der Waals surface area (Å²) >= 11 is 0. The minimum atomic E-state index is -0.0529. The van der Waals surface area contributed by atoms with Crippen LogP contribution in [0.2, 0.25) is 0 Å². The maximum Gasteiger partial charge on any atom is 0.227 e. The van der Waals surface area contributed by atoms with E-state index in [9.17, 15) is 9.59 Å². The second-order valence-corrected chi connectivity index (χ2v) is 8.37. The molecule has 2 aliphatic rings. The molecule has 2 aromatic carbocycles. The number of ether oxygens (including phenoxy) is 2. The van der Waals surface area contributed by atoms with Gasteiger partial charge in [-0.3, -0.25) is 9.59 Å². The average Bonchev–Trinajstić information content (AvgIpc) is 3.35. The first kappa shape index (κ1) is 21.2. The largest absolute Gasteiger partial charge is 0.497 e. The highest BCUT2D eigenvalue weighted by molar-refractivity contribution is 5.92. The summed E-state index contributed by atoms with van der Waals surface area (Å²) in [6.07, 6.45) is 5.83. The van der Waals surface area contributed by atoms with Gasteiger partial charge in [-0.05, 0) is 74.2 Å². The quantitative estimate of drug-likeness (QED) is 0.722. The predicted octanol–water partition coefficient (Wildman–Crippen LogP) is 4.85. The number of anilines is 1. The number of methoxy groups -OCH3 is 1. The molecule has 1 aliphatic carbocycles. The normalized spacial score (nSPS) is 17.4. The van der Waals surface area contributed by atoms with Crippen molar-refractivity contribution in [1.82, 2.24) is 4.90 Å². The summed E-state index contributed by atoms with van der Waals surface area (Å²) in [5.74, 6) is 2.67. The molecule has 0 spiro atoms. The van der Waals surface area contributed by atoms with E-state index in [2.05, 4.69) is 5.32 Å². The molecule has 1 saturated heterocycles. The number of hydrogen-bond acceptors (Lipinski definition) is 4. The Morgan fingerprint density at radius 3 is 1.94 bits per heavy atom. The van der Waals surface area contributed by atoms with Crippen molar-refractivity contribution in [3.8, 4) is 17.2 Å². The van der Waals surface area contributed by atoms with Crippen molar-refractivity contribution in [2.75, 3.05) is 25.5 Å². The summed E-state index contributed by atoms with van der Waals surface area (Å²) in [7, 11) is 1.63. The molecular formula is C25H30N2O4. The van der Waals surface area contributed by atoms with Gasteiger partial charge in [0.2, 0.25) is 11.8 Å². The number of likely N-dealkylation sites (tertiary alicyclic amines) is 1. The van der Waals surface area contributed by atoms with Gasteiger partial charge in [0, 0.05) is 30.6 Å². The molecule has 2 amide bonds. The van der Waals surface area contributed by atoms with Crippen molar-refractivity contribution >= 4 is 17.5 Å². The molecule has 0 aromatic heterocycles. The van der Waals surface area contributed by atoms with E-state index in [4.69, 9.17) is 9.47 Å². The Hall–Kier alpha value is -3.02. The van der Waals surface area contributed by atoms with Crippen molar-refractivity contribution in [3.05, 3.63) is 48.5 Å². The molecule has 2 fully saturated rings. The van der Waals surface area contributed by atoms with Crippen molar-refractivity contribution < 1.29 is 19.1 Å². The van der Waals surface area contributed by atoms with Crippen LogP contribution in [-0.4, -0.2) is 36.9 Å². The number of hydrogen-bond donors (Lipinski definition) is 1. The number of carbonyl (C=O) groups excluding carboxylic acids is 2. The molecule has 6 nitrogen and oxygen atoms in total. The Kier molecular flexibility index (Phi) is 6.75. The van der Waals surface area contributed by atoms with Crippen LogP contribution in [0.4, 0.5) is 5.69 Å². The minimum absolute atomic E-state index is 0.0248. The summed E-state index contributed by atoms with van der Waals surface area (Å²) < 4.78 is 11.0. The van der Waals surface area contributed by atoms with Gasteiger partial charge in [-0.25, -0.2) is 0 Å². The number of rotatable bonds is 6. The molecule has 6 heteroatoms. The highest BCUT2D eigenvalue weighted by Crippen LogP contribution is 2.29. The fraction of sp³-hybridized carbons (Fsp3) is 0.440. The highest BCUT2D eigenvalue weighted by atomic mass is 16.5. The summed E-state index contributed by atoms with van der Waals surface area (Å²) in [6.45, 7) is 1.37. The Morgan fingerprint density at radius 1 is 0.806 bits per heavy atom. The Morgan fingerprint density at radius 2 is 1.35 bits per heavy atom. The topological polar surface area (TPSA) is 67.9 Å². The average molecular weight is 423 g/mol. The predicted molar refractivity (Wildman–Crippen MR) is 119 cm³/mol. The highest BCUT2D eigenvalue weighted by Gasteiger charge is 2.31. The van der Waals surface area contributed by atoms with Gasteiger partial charge in [-0.2, -0.15) is 0 Å². The first-order valence-electron chi connectivity index (χ1n) is 11.1. The van der Waals surface area contributed by atoms with Gasteiger partial charge in [-0.1, -0.05) is 12.8 Å². The Balaban J connectivity index is 1.25. The molecule has 0 bridgehead atoms. The molecule has 0 unspecified atom stereocenters. The van der Waals surface area contributed by atoms with E-state index >= 15 is 0 Å². The van der Waals surface area contributed by atoms with Crippen LogP contribution in [-0.2, 0) is 9.59 Å². The molecule has 1 N–H and O–H groups in total. The first-order chi connectivity index (χ1) is 15.1. The maximum atomic E-state index is 12.7. The molecule has 164 valence electrons. The number of amides is 2. The van der Waals surface area contributed by atoms with Gasteiger partial charge < -0.3 is 19.7 Å². The molecule has 31 heavy (non-hydrogen) atoms. The molecule has 4 rings (SSSR count). The zero-order chi connectivity index (χ0) is 21.6. The zero-order valence-corrected chi connectivity index (χ0v) is 18.0. The Labute approximate surface area is 183 Å². The number of piperidine rings is 1. The molecule has 2 aromatic rings. The monoisotopic (exact) mass is 422 g/mol. The maximum absolute atomic E-state index is 12.7. The summed E-state index contributed by atoms with van der Waals surface area (Å²) in [5.41, 5.74) is 0.747. The van der Waals surface area contributed by atoms with Crippen LogP contribution in [0.3, 0.4) is 0 Å². The molecule has 1 aliphatic heterocycles. The van der Waals surface area contributed by atoms with Crippen LogP contribution in [0.5, 0.6) is 17.2 Å². The van der Waals surface area contributed by atoms with Crippen LogP contribution in [0, 0.1) is 11.8 Å². The SMILES string of the molecule is COc1ccc(Oc2ccc(NC(=O)C3CCN(C(=O)C4CCCC4)CC3)cc2)cc1. The van der Waals surface area contributed by atoms with Crippen molar-refractivity contribution in [2.24, 2.45) is 11.8 Å². The van der Waals surface area contributed by atoms with Gasteiger partial charge in [0.15, 0.2) is 0 Å². The fourth-order valence-corrected chi connectivity index (χ4v) is 4.42. The molecular weight excluding hydrogens is 392 g/mol. The lowest BCUT2D eigenvalue weighted by molar-refractivity contribution is -0.138. The summed E-state index contributed by atoms with van der Waals surface area (Å²) in [4.78, 5) is 27.2. The second-order valence-electron chi connectivity index (χ2n) is 8.37. The lowest BCUT2D eigenvalue weighted by Crippen LogP contribution is -2.43. The lowest BCUT2D eigenvalue weighted by Gasteiger charge is -2.33. The van der Waals surface area contributed by atoms with Crippen molar-refractivity contribution in [2.45, 2.75) is 38.5 Å². The van der Waals surface area contributed by atoms with Crippen molar-refractivity contribution in [1.29, 1.82) is 0 Å². The van der Waals surface area contributed by atoms with Crippen LogP contribution in [0.1, 0.15) is 38.5 Å². The second kappa shape index (κ2) is 9.86. The summed E-state index contributed by atoms with van der Waals surface area (Å²) in [5, 5.41) is 3.00. The molecule has 1 heterocycles. The first-order valence-corrected chi connectivity index (χ1v) is 11.1. The van der Waals surface area contributed by atoms with Gasteiger partial charge in [0.05, 0.1) is 7.11 Å². The van der Waals surface area contributed by atoms with Gasteiger partial charge in [0.25, 0.3) is 0 Å². The van der Waals surface area contributed by atoms with Crippen molar-refractivity contribution in [3.63, 3.8) is 0 Å². The van der Waals surface area contributed by atoms with Crippen LogP contribution < -0.4 is 14.8 Å². The van der Waals surface area contributed by atoms with Gasteiger partial charge in [0.1, 0.15) is 17.2 Å². The lowest BCUT2D eigenvalue weighted by atomic mass is 9.94. The third-order valence-corrected chi connectivity index (χ3v) is 6.30. The number of benzene rings is 2. The van der Waals surface area contributed by atoms with Gasteiger partial charge >= 0.3 is 0 Å².